The molecule has 22 nitrogen and oxygen atoms in total. The van der Waals surface area contributed by atoms with Gasteiger partial charge in [-0.3, -0.25) is 25.5 Å². The largest absolute Gasteiger partial charge is 1.00 e. The molecule has 3 aromatic heterocycles. The molecule has 0 saturated heterocycles. The number of halogens is 3. The van der Waals surface area contributed by atoms with Gasteiger partial charge in [0.2, 0.25) is 9.23 Å². The normalized spacial score (nSPS) is 11.3. The SMILES string of the molecule is CC(C)(C)OC(=O)Nc1ccc2[nH]c(C(=O)O)cc2c1.CCOC(=O)c1cc2cc(NC(=O)OC(C)(C)C)ccc2[nH]1.CCOC(=O)c1cc2cc([N+](=O)[O-])ccc2[nH]1.O=C(Cl)C1=CCCN1.O=S(Cl)Cl.[Li+].[OH-]. The molecule has 7 rings (SSSR count). The first kappa shape index (κ1) is 64.4. The number of amides is 2. The average molecular weight is 1090 g/mol. The van der Waals surface area contributed by atoms with Crippen LogP contribution in [0.25, 0.3) is 32.7 Å². The van der Waals surface area contributed by atoms with Crippen molar-refractivity contribution in [2.24, 2.45) is 0 Å². The smallest absolute Gasteiger partial charge is 0.870 e. The zero-order chi connectivity index (χ0) is 53.2. The number of carboxylic acid groups (broad SMARTS) is 1. The number of allylic oxidation sites excluding steroid dienone is 1. The number of benzene rings is 3. The number of carboxylic acids is 1. The van der Waals surface area contributed by atoms with E-state index in [1.807, 2.05) is 0 Å². The van der Waals surface area contributed by atoms with Crippen molar-refractivity contribution in [2.45, 2.75) is 73.0 Å². The van der Waals surface area contributed by atoms with Crippen LogP contribution in [0.1, 0.15) is 93.3 Å². The molecule has 0 unspecified atom stereocenters. The van der Waals surface area contributed by atoms with Crippen LogP contribution < -0.4 is 34.8 Å². The zero-order valence-corrected chi connectivity index (χ0v) is 44.1. The van der Waals surface area contributed by atoms with Crippen molar-refractivity contribution in [3.05, 3.63) is 112 Å². The molecule has 0 atom stereocenters. The van der Waals surface area contributed by atoms with E-state index >= 15 is 0 Å². The summed E-state index contributed by atoms with van der Waals surface area (Å²) in [6.45, 7) is 15.6. The number of ether oxygens (including phenoxy) is 4. The summed E-state index contributed by atoms with van der Waals surface area (Å²) < 4.78 is 29.2. The quantitative estimate of drug-likeness (QED) is 0.0182. The van der Waals surface area contributed by atoms with Gasteiger partial charge >= 0.3 is 49.0 Å². The van der Waals surface area contributed by atoms with Crippen molar-refractivity contribution in [3.63, 3.8) is 0 Å². The van der Waals surface area contributed by atoms with Crippen LogP contribution in [0.3, 0.4) is 0 Å². The van der Waals surface area contributed by atoms with Gasteiger partial charge in [0.25, 0.3) is 10.9 Å². The van der Waals surface area contributed by atoms with Gasteiger partial charge in [0.05, 0.1) is 23.8 Å². The van der Waals surface area contributed by atoms with Gasteiger partial charge in [-0.05, 0) is 134 Å². The van der Waals surface area contributed by atoms with Crippen LogP contribution in [0.2, 0.25) is 0 Å². The van der Waals surface area contributed by atoms with Gasteiger partial charge in [-0.25, -0.2) is 28.2 Å². The third kappa shape index (κ3) is 22.8. The number of H-pyrrole nitrogens is 3. The standard InChI is InChI=1S/C16H20N2O4.C14H16N2O4.C11H10N2O4.C5H6ClNO.Cl2OS.Li.H2O/c1-5-21-14(19)13-9-10-8-11(6-7-12(10)18-13)17-15(20)22-16(2,3)4;1-14(2,3)20-13(19)15-9-4-5-10-8(6-9)7-11(16-10)12(17)18;1-2-17-11(14)10-6-7-5-8(13(15)16)3-4-9(7)12-10;6-5(8)4-2-1-3-7-4;1-4(2)3;;/h6-9,18H,5H2,1-4H3,(H,17,20);4-7,16H,1-3H3,(H,15,19)(H,17,18);3-6,12H,2H2,1H3;2,7H,1,3H2;;;1H2/q;;;;;+1;/p-1. The summed E-state index contributed by atoms with van der Waals surface area (Å²) in [6.07, 6.45) is 1.64. The summed E-state index contributed by atoms with van der Waals surface area (Å²) in [6, 6.07) is 19.4. The summed E-state index contributed by atoms with van der Waals surface area (Å²) >= 11 is 5.11. The number of aromatic carboxylic acids is 1. The van der Waals surface area contributed by atoms with Gasteiger partial charge in [0.1, 0.15) is 28.3 Å². The Morgan fingerprint density at radius 2 is 1.08 bits per heavy atom. The molecule has 0 spiro atoms. The number of fused-ring (bicyclic) bond motifs is 3. The number of esters is 2. The maximum Gasteiger partial charge on any atom is 1.00 e. The van der Waals surface area contributed by atoms with E-state index in [0.29, 0.717) is 56.9 Å². The maximum atomic E-state index is 11.7. The Bertz CT molecular complexity index is 2940. The van der Waals surface area contributed by atoms with E-state index in [1.54, 1.807) is 116 Å². The fourth-order valence-electron chi connectivity index (χ4n) is 5.90. The molecule has 0 bridgehead atoms. The molecule has 73 heavy (non-hydrogen) atoms. The summed E-state index contributed by atoms with van der Waals surface area (Å²) in [5.41, 5.74) is 3.48. The number of anilines is 2. The molecule has 6 aromatic rings. The van der Waals surface area contributed by atoms with Crippen molar-refractivity contribution in [1.82, 2.24) is 20.3 Å². The monoisotopic (exact) mass is 1090 g/mol. The van der Waals surface area contributed by atoms with Crippen molar-refractivity contribution in [1.29, 1.82) is 0 Å². The molecule has 0 radical (unpaired) electrons. The third-order valence-electron chi connectivity index (χ3n) is 8.59. The van der Waals surface area contributed by atoms with Crippen LogP contribution in [0.15, 0.2) is 84.6 Å². The summed E-state index contributed by atoms with van der Waals surface area (Å²) in [4.78, 5) is 86.4. The van der Waals surface area contributed by atoms with Gasteiger partial charge in [-0.2, -0.15) is 0 Å². The van der Waals surface area contributed by atoms with Crippen molar-refractivity contribution in [3.8, 4) is 0 Å². The molecule has 27 heteroatoms. The fourth-order valence-corrected chi connectivity index (χ4v) is 6.04. The minimum Gasteiger partial charge on any atom is -0.870 e. The van der Waals surface area contributed by atoms with Gasteiger partial charge in [-0.15, -0.1) is 0 Å². The number of hydrogen-bond acceptors (Lipinski definition) is 15. The third-order valence-corrected chi connectivity index (χ3v) is 8.79. The second kappa shape index (κ2) is 29.8. The molecule has 4 heterocycles. The van der Waals surface area contributed by atoms with E-state index in [1.165, 1.54) is 18.2 Å². The van der Waals surface area contributed by atoms with Crippen molar-refractivity contribution >= 4 is 127 Å². The number of carbonyl (C=O) groups excluding carboxylic acids is 5. The second-order valence-electron chi connectivity index (χ2n) is 16.5. The van der Waals surface area contributed by atoms with Gasteiger partial charge in [-0.1, -0.05) is 6.08 Å². The Kier molecular flexibility index (Phi) is 26.3. The number of nitro benzene ring substituents is 1. The van der Waals surface area contributed by atoms with Gasteiger partial charge in [0.15, 0.2) is 0 Å². The number of nitrogens with one attached hydrogen (secondary N) is 6. The van der Waals surface area contributed by atoms with E-state index < -0.39 is 55.4 Å². The van der Waals surface area contributed by atoms with E-state index in [9.17, 15) is 38.9 Å². The Morgan fingerprint density at radius 3 is 1.41 bits per heavy atom. The summed E-state index contributed by atoms with van der Waals surface area (Å²) in [5.74, 6) is -1.89. The number of aromatic amines is 3. The number of nitrogens with zero attached hydrogens (tertiary/aromatic N) is 1. The Morgan fingerprint density at radius 1 is 0.699 bits per heavy atom. The number of hydrogen-bond donors (Lipinski definition) is 7. The topological polar surface area (TPSA) is 333 Å². The molecule has 3 aromatic carbocycles. The first-order valence-corrected chi connectivity index (χ1v) is 24.3. The van der Waals surface area contributed by atoms with Crippen molar-refractivity contribution in [2.75, 3.05) is 30.4 Å². The molecule has 0 saturated carbocycles. The van der Waals surface area contributed by atoms with Gasteiger partial charge < -0.3 is 49.8 Å². The summed E-state index contributed by atoms with van der Waals surface area (Å²) in [7, 11) is 7.36. The second-order valence-corrected chi connectivity index (χ2v) is 19.3. The molecule has 2 amide bonds. The Balaban J connectivity index is 0.000000487. The molecule has 0 fully saturated rings. The van der Waals surface area contributed by atoms with E-state index in [2.05, 4.69) is 52.3 Å². The number of rotatable bonds is 9. The van der Waals surface area contributed by atoms with Crippen LogP contribution in [-0.2, 0) is 33.0 Å². The van der Waals surface area contributed by atoms with E-state index in [0.717, 1.165) is 23.9 Å². The van der Waals surface area contributed by atoms with E-state index in [4.69, 9.17) is 39.9 Å². The first-order valence-electron chi connectivity index (χ1n) is 21.2. The number of aromatic nitrogens is 3. The first-order chi connectivity index (χ1) is 33.2. The van der Waals surface area contributed by atoms with Crippen LogP contribution in [0.4, 0.5) is 26.7 Å². The Hall–Kier alpha value is -6.58. The number of carbonyl (C=O) groups is 6. The molecular formula is C46H53Cl3LiN7O15S. The van der Waals surface area contributed by atoms with Gasteiger partial charge in [0, 0.05) is 84.1 Å². The van der Waals surface area contributed by atoms with Crippen LogP contribution >= 0.6 is 33.0 Å². The van der Waals surface area contributed by atoms with E-state index in [-0.39, 0.29) is 47.6 Å². The number of nitro groups is 1. The van der Waals surface area contributed by atoms with Crippen LogP contribution in [0, 0.1) is 10.1 Å². The molecule has 8 N–H and O–H groups in total. The van der Waals surface area contributed by atoms with Crippen LogP contribution in [-0.4, -0.2) is 101 Å². The predicted molar refractivity (Wildman–Crippen MR) is 273 cm³/mol. The molecular weight excluding hydrogens is 1040 g/mol. The number of non-ortho nitro benzene ring substituents is 1. The molecule has 1 aliphatic heterocycles. The fraction of sp³-hybridized carbons (Fsp3) is 0.304. The average Bonchev–Trinajstić information content (AvgIpc) is 4.09. The Labute approximate surface area is 446 Å². The minimum absolute atomic E-state index is 0. The zero-order valence-electron chi connectivity index (χ0n) is 41.0. The maximum absolute atomic E-state index is 11.7. The van der Waals surface area contributed by atoms with Crippen molar-refractivity contribution < 1.29 is 86.3 Å². The molecule has 390 valence electrons. The molecule has 1 aliphatic rings. The predicted octanol–water partition coefficient (Wildman–Crippen LogP) is 7.66. The summed E-state index contributed by atoms with van der Waals surface area (Å²) in [5, 5.41) is 29.3. The minimum atomic E-state index is -1.67. The molecule has 0 aliphatic carbocycles. The van der Waals surface area contributed by atoms with Crippen LogP contribution in [0.5, 0.6) is 0 Å².